The smallest absolute Gasteiger partial charge is 0.237 e. The molecule has 1 saturated heterocycles. The van der Waals surface area contributed by atoms with Crippen LogP contribution in [0.1, 0.15) is 19.0 Å². The van der Waals surface area contributed by atoms with Crippen molar-refractivity contribution in [3.8, 4) is 11.3 Å². The fourth-order valence-electron chi connectivity index (χ4n) is 3.30. The maximum atomic E-state index is 12.7. The van der Waals surface area contributed by atoms with E-state index in [-0.39, 0.29) is 0 Å². The van der Waals surface area contributed by atoms with Gasteiger partial charge in [0.25, 0.3) is 0 Å². The first-order valence-electron chi connectivity index (χ1n) is 9.69. The number of aliphatic imine (C=N–C) groups is 1. The molecule has 0 radical (unpaired) electrons. The number of benzene rings is 1. The van der Waals surface area contributed by atoms with Crippen molar-refractivity contribution in [2.24, 2.45) is 4.99 Å². The van der Waals surface area contributed by atoms with Crippen molar-refractivity contribution in [1.29, 1.82) is 0 Å². The second kappa shape index (κ2) is 8.17. The van der Waals surface area contributed by atoms with Crippen LogP contribution in [0.15, 0.2) is 58.0 Å². The molecule has 0 spiro atoms. The maximum Gasteiger partial charge on any atom is 0.237 e. The van der Waals surface area contributed by atoms with Gasteiger partial charge in [0.15, 0.2) is 16.1 Å². The molecule has 2 atom stereocenters. The zero-order valence-corrected chi connectivity index (χ0v) is 18.5. The summed E-state index contributed by atoms with van der Waals surface area (Å²) in [6, 6.07) is 9.70. The van der Waals surface area contributed by atoms with Gasteiger partial charge in [0.1, 0.15) is 11.5 Å². The number of aromatic nitrogens is 4. The van der Waals surface area contributed by atoms with Gasteiger partial charge in [-0.1, -0.05) is 12.1 Å². The normalized spacial score (nSPS) is 18.4. The van der Waals surface area contributed by atoms with Crippen LogP contribution in [0.2, 0.25) is 0 Å². The van der Waals surface area contributed by atoms with Gasteiger partial charge in [-0.05, 0) is 26.0 Å². The summed E-state index contributed by atoms with van der Waals surface area (Å²) in [7, 11) is -1.43. The van der Waals surface area contributed by atoms with Crippen LogP contribution in [-0.2, 0) is 11.0 Å². The molecule has 1 aliphatic rings. The van der Waals surface area contributed by atoms with Crippen molar-refractivity contribution < 1.29 is 4.21 Å². The van der Waals surface area contributed by atoms with Gasteiger partial charge in [0.05, 0.1) is 16.3 Å². The Labute approximate surface area is 185 Å². The molecule has 0 aliphatic carbocycles. The van der Waals surface area contributed by atoms with Crippen molar-refractivity contribution >= 4 is 44.9 Å². The Hall–Kier alpha value is -3.15. The van der Waals surface area contributed by atoms with E-state index in [4.69, 9.17) is 9.98 Å². The Morgan fingerprint density at radius 1 is 1.32 bits per heavy atom. The Kier molecular flexibility index (Phi) is 5.22. The highest BCUT2D eigenvalue weighted by Gasteiger charge is 2.17. The van der Waals surface area contributed by atoms with Crippen molar-refractivity contribution in [2.45, 2.75) is 31.2 Å². The van der Waals surface area contributed by atoms with E-state index in [1.54, 1.807) is 6.20 Å². The number of hydrogen-bond acceptors (Lipinski definition) is 7. The van der Waals surface area contributed by atoms with E-state index in [2.05, 4.69) is 32.5 Å². The number of amidine groups is 1. The van der Waals surface area contributed by atoms with E-state index in [1.165, 1.54) is 11.3 Å². The van der Waals surface area contributed by atoms with Gasteiger partial charge in [-0.25, -0.2) is 24.6 Å². The van der Waals surface area contributed by atoms with E-state index in [9.17, 15) is 4.21 Å². The van der Waals surface area contributed by atoms with E-state index in [1.807, 2.05) is 53.2 Å². The minimum absolute atomic E-state index is 0.305. The van der Waals surface area contributed by atoms with Crippen molar-refractivity contribution in [3.63, 3.8) is 0 Å². The molecule has 0 amide bonds. The molecule has 3 aromatic heterocycles. The van der Waals surface area contributed by atoms with Crippen LogP contribution < -0.4 is 15.6 Å². The largest absolute Gasteiger partial charge is 0.309 e. The molecule has 9 nitrogen and oxygen atoms in total. The summed E-state index contributed by atoms with van der Waals surface area (Å²) in [4.78, 5) is 18.9. The van der Waals surface area contributed by atoms with E-state index < -0.39 is 11.0 Å². The highest BCUT2D eigenvalue weighted by Crippen LogP contribution is 2.26. The van der Waals surface area contributed by atoms with Gasteiger partial charge in [-0.2, -0.15) is 4.99 Å². The monoisotopic (exact) mass is 452 g/mol. The van der Waals surface area contributed by atoms with Crippen LogP contribution in [0.25, 0.3) is 16.9 Å². The maximum absolute atomic E-state index is 12.7. The molecule has 3 N–H and O–H groups in total. The van der Waals surface area contributed by atoms with Gasteiger partial charge in [0, 0.05) is 41.9 Å². The molecular weight excluding hydrogens is 432 g/mol. The first kappa shape index (κ1) is 19.8. The Morgan fingerprint density at radius 3 is 3.00 bits per heavy atom. The third-order valence-electron chi connectivity index (χ3n) is 4.71. The fourth-order valence-corrected chi connectivity index (χ4v) is 4.85. The molecule has 1 fully saturated rings. The van der Waals surface area contributed by atoms with Crippen LogP contribution in [0.5, 0.6) is 0 Å². The predicted octanol–water partition coefficient (Wildman–Crippen LogP) is 3.21. The molecule has 31 heavy (non-hydrogen) atoms. The van der Waals surface area contributed by atoms with Gasteiger partial charge >= 0.3 is 0 Å². The number of thiazole rings is 1. The molecule has 4 aromatic rings. The van der Waals surface area contributed by atoms with Crippen molar-refractivity contribution in [3.05, 3.63) is 53.8 Å². The number of fused-ring (bicyclic) bond motifs is 1. The van der Waals surface area contributed by atoms with E-state index in [0.717, 1.165) is 29.2 Å². The topological polar surface area (TPSA) is 109 Å². The third-order valence-corrected chi connectivity index (χ3v) is 6.59. The molecule has 0 saturated carbocycles. The van der Waals surface area contributed by atoms with Gasteiger partial charge in [0.2, 0.25) is 5.95 Å². The Bertz CT molecular complexity index is 1300. The van der Waals surface area contributed by atoms with Gasteiger partial charge in [-0.3, -0.25) is 9.12 Å². The van der Waals surface area contributed by atoms with Crippen LogP contribution >= 0.6 is 11.3 Å². The predicted molar refractivity (Wildman–Crippen MR) is 123 cm³/mol. The summed E-state index contributed by atoms with van der Waals surface area (Å²) in [5.74, 6) is 1.37. The number of anilines is 1. The minimum Gasteiger partial charge on any atom is -0.309 e. The lowest BCUT2D eigenvalue weighted by molar-refractivity contribution is 0.602. The number of nitrogens with zero attached hydrogens (tertiary/aromatic N) is 5. The number of hydrazine groups is 1. The highest BCUT2D eigenvalue weighted by molar-refractivity contribution is 7.86. The molecule has 1 aliphatic heterocycles. The minimum atomic E-state index is -1.43. The lowest BCUT2D eigenvalue weighted by atomic mass is 10.1. The van der Waals surface area contributed by atoms with Crippen LogP contribution in [0.3, 0.4) is 0 Å². The molecule has 11 heteroatoms. The van der Waals surface area contributed by atoms with E-state index in [0.29, 0.717) is 27.7 Å². The Morgan fingerprint density at radius 2 is 2.23 bits per heavy atom. The zero-order valence-electron chi connectivity index (χ0n) is 16.9. The summed E-state index contributed by atoms with van der Waals surface area (Å²) in [5.41, 5.74) is 9.44. The molecule has 1 aromatic carbocycles. The second-order valence-electron chi connectivity index (χ2n) is 7.22. The first-order valence-corrected chi connectivity index (χ1v) is 11.7. The molecule has 158 valence electrons. The number of rotatable bonds is 5. The molecule has 4 heterocycles. The lowest BCUT2D eigenvalue weighted by Crippen LogP contribution is -2.29. The number of nitrogens with one attached hydrogen (secondary N) is 3. The number of hydrogen-bond donors (Lipinski definition) is 3. The lowest BCUT2D eigenvalue weighted by Gasteiger charge is -2.08. The average molecular weight is 453 g/mol. The van der Waals surface area contributed by atoms with Crippen LogP contribution in [0, 0.1) is 6.92 Å². The van der Waals surface area contributed by atoms with Crippen molar-refractivity contribution in [2.75, 3.05) is 4.72 Å². The third kappa shape index (κ3) is 4.20. The summed E-state index contributed by atoms with van der Waals surface area (Å²) < 4.78 is 17.5. The van der Waals surface area contributed by atoms with Gasteiger partial charge < -0.3 is 5.43 Å². The number of imidazole rings is 1. The van der Waals surface area contributed by atoms with Crippen molar-refractivity contribution in [1.82, 2.24) is 30.2 Å². The van der Waals surface area contributed by atoms with Crippen LogP contribution in [-0.4, -0.2) is 35.4 Å². The molecule has 2 unspecified atom stereocenters. The first-order chi connectivity index (χ1) is 15.0. The number of aryl methyl sites for hydroxylation is 1. The fraction of sp³-hybridized carbons (Fsp3) is 0.200. The second-order valence-corrected chi connectivity index (χ2v) is 9.33. The molecular formula is C20H20N8OS2. The highest BCUT2D eigenvalue weighted by atomic mass is 32.2. The molecule has 5 rings (SSSR count). The van der Waals surface area contributed by atoms with E-state index >= 15 is 0 Å². The summed E-state index contributed by atoms with van der Waals surface area (Å²) in [6.45, 7) is 4.02. The van der Waals surface area contributed by atoms with Crippen LogP contribution in [0.4, 0.5) is 11.1 Å². The SMILES string of the molecule is Cc1cn2c(/N=C3\CC(C)NN3)nc(-c3cccc(S(=O)Nc4nccs4)c3)cc2n1. The Balaban J connectivity index is 1.53. The molecule has 0 bridgehead atoms. The quantitative estimate of drug-likeness (QED) is 0.429. The summed E-state index contributed by atoms with van der Waals surface area (Å²) in [6.07, 6.45) is 4.38. The standard InChI is InChI=1S/C20H20N8OS2/c1-12-8-17(26-25-12)24-19-23-16(10-18-22-13(2)11-28(18)19)14-4-3-5-15(9-14)31(29)27-20-21-6-7-30-20/h3-7,9-12,25H,8H2,1-2H3,(H,21,27)(H,23,24,26). The summed E-state index contributed by atoms with van der Waals surface area (Å²) >= 11 is 1.40. The van der Waals surface area contributed by atoms with Gasteiger partial charge in [-0.15, -0.1) is 11.3 Å². The zero-order chi connectivity index (χ0) is 21.4. The average Bonchev–Trinajstić information content (AvgIpc) is 3.49. The summed E-state index contributed by atoms with van der Waals surface area (Å²) in [5, 5.41) is 2.45.